The lowest BCUT2D eigenvalue weighted by molar-refractivity contribution is 0.201. The van der Waals surface area contributed by atoms with Crippen LogP contribution >= 0.6 is 0 Å². The number of fused-ring (bicyclic) bond motifs is 1. The normalized spacial score (nSPS) is 24.4. The van der Waals surface area contributed by atoms with Crippen molar-refractivity contribution in [2.45, 2.75) is 44.2 Å². The molecule has 0 saturated heterocycles. The van der Waals surface area contributed by atoms with E-state index in [4.69, 9.17) is 4.74 Å². The first-order valence-electron chi connectivity index (χ1n) is 6.34. The molecule has 1 N–H and O–H groups in total. The van der Waals surface area contributed by atoms with Crippen LogP contribution in [-0.4, -0.2) is 13.3 Å². The largest absolute Gasteiger partial charge is 0.474 e. The summed E-state index contributed by atoms with van der Waals surface area (Å²) in [6.45, 7) is 0. The monoisotopic (exact) mass is 217 g/mol. The SMILES string of the molecule is CNC1Cc2cccc(C3CCCC3)c2O1. The highest BCUT2D eigenvalue weighted by Crippen LogP contribution is 2.42. The van der Waals surface area contributed by atoms with Crippen LogP contribution in [0.15, 0.2) is 18.2 Å². The first kappa shape index (κ1) is 10.2. The summed E-state index contributed by atoms with van der Waals surface area (Å²) < 4.78 is 5.99. The van der Waals surface area contributed by atoms with E-state index in [0.717, 1.165) is 12.3 Å². The average molecular weight is 217 g/mol. The lowest BCUT2D eigenvalue weighted by Crippen LogP contribution is -2.29. The smallest absolute Gasteiger partial charge is 0.154 e. The highest BCUT2D eigenvalue weighted by atomic mass is 16.5. The Morgan fingerprint density at radius 1 is 1.25 bits per heavy atom. The van der Waals surface area contributed by atoms with Crippen molar-refractivity contribution >= 4 is 0 Å². The van der Waals surface area contributed by atoms with Gasteiger partial charge in [0.05, 0.1) is 0 Å². The molecule has 2 aliphatic rings. The van der Waals surface area contributed by atoms with Crippen LogP contribution in [-0.2, 0) is 6.42 Å². The lowest BCUT2D eigenvalue weighted by Gasteiger charge is -2.15. The molecule has 1 aliphatic heterocycles. The van der Waals surface area contributed by atoms with E-state index in [1.165, 1.54) is 42.6 Å². The van der Waals surface area contributed by atoms with Crippen molar-refractivity contribution in [2.75, 3.05) is 7.05 Å². The van der Waals surface area contributed by atoms with Gasteiger partial charge in [-0.2, -0.15) is 0 Å². The molecule has 0 amide bonds. The minimum atomic E-state index is 0.178. The Kier molecular flexibility index (Phi) is 2.60. The summed E-state index contributed by atoms with van der Waals surface area (Å²) in [5.41, 5.74) is 2.83. The topological polar surface area (TPSA) is 21.3 Å². The molecule has 1 atom stereocenters. The van der Waals surface area contributed by atoms with E-state index >= 15 is 0 Å². The number of hydrogen-bond donors (Lipinski definition) is 1. The summed E-state index contributed by atoms with van der Waals surface area (Å²) in [6, 6.07) is 6.64. The number of benzene rings is 1. The summed E-state index contributed by atoms with van der Waals surface area (Å²) >= 11 is 0. The van der Waals surface area contributed by atoms with Gasteiger partial charge in [-0.15, -0.1) is 0 Å². The molecule has 3 rings (SSSR count). The molecule has 1 aliphatic carbocycles. The second-order valence-corrected chi connectivity index (χ2v) is 4.92. The van der Waals surface area contributed by atoms with E-state index in [-0.39, 0.29) is 6.23 Å². The zero-order valence-electron chi connectivity index (χ0n) is 9.83. The third kappa shape index (κ3) is 1.61. The van der Waals surface area contributed by atoms with Gasteiger partial charge in [0.15, 0.2) is 6.23 Å². The number of hydrogen-bond acceptors (Lipinski definition) is 2. The van der Waals surface area contributed by atoms with Crippen LogP contribution in [0.25, 0.3) is 0 Å². The molecule has 2 heteroatoms. The molecule has 1 aromatic carbocycles. The third-order valence-corrected chi connectivity index (χ3v) is 3.91. The molecule has 1 unspecified atom stereocenters. The molecule has 0 spiro atoms. The Morgan fingerprint density at radius 3 is 2.81 bits per heavy atom. The summed E-state index contributed by atoms with van der Waals surface area (Å²) in [7, 11) is 1.96. The number of ether oxygens (including phenoxy) is 1. The van der Waals surface area contributed by atoms with Crippen LogP contribution in [0, 0.1) is 0 Å². The molecule has 86 valence electrons. The Hall–Kier alpha value is -1.02. The van der Waals surface area contributed by atoms with Crippen LogP contribution in [0.3, 0.4) is 0 Å². The summed E-state index contributed by atoms with van der Waals surface area (Å²) in [4.78, 5) is 0. The van der Waals surface area contributed by atoms with Gasteiger partial charge in [0.1, 0.15) is 5.75 Å². The van der Waals surface area contributed by atoms with Crippen LogP contribution in [0.2, 0.25) is 0 Å². The van der Waals surface area contributed by atoms with E-state index in [9.17, 15) is 0 Å². The van der Waals surface area contributed by atoms with Crippen LogP contribution in [0.4, 0.5) is 0 Å². The summed E-state index contributed by atoms with van der Waals surface area (Å²) in [5, 5.41) is 3.21. The molecule has 1 aromatic rings. The van der Waals surface area contributed by atoms with E-state index in [0.29, 0.717) is 0 Å². The summed E-state index contributed by atoms with van der Waals surface area (Å²) in [6.07, 6.45) is 6.62. The van der Waals surface area contributed by atoms with Gasteiger partial charge in [0, 0.05) is 6.42 Å². The first-order valence-corrected chi connectivity index (χ1v) is 6.34. The maximum atomic E-state index is 5.99. The fraction of sp³-hybridized carbons (Fsp3) is 0.571. The van der Waals surface area contributed by atoms with Gasteiger partial charge in [-0.05, 0) is 36.9 Å². The third-order valence-electron chi connectivity index (χ3n) is 3.91. The number of nitrogens with one attached hydrogen (secondary N) is 1. The van der Waals surface area contributed by atoms with Gasteiger partial charge >= 0.3 is 0 Å². The number of rotatable bonds is 2. The highest BCUT2D eigenvalue weighted by Gasteiger charge is 2.28. The highest BCUT2D eigenvalue weighted by molar-refractivity contribution is 5.46. The second kappa shape index (κ2) is 4.10. The molecule has 2 nitrogen and oxygen atoms in total. The van der Waals surface area contributed by atoms with Crippen molar-refractivity contribution in [2.24, 2.45) is 0 Å². The molecule has 16 heavy (non-hydrogen) atoms. The number of likely N-dealkylation sites (N-methyl/N-ethyl adjacent to an activating group) is 1. The molecule has 1 fully saturated rings. The maximum Gasteiger partial charge on any atom is 0.154 e. The van der Waals surface area contributed by atoms with Crippen molar-refractivity contribution < 1.29 is 4.74 Å². The van der Waals surface area contributed by atoms with Crippen LogP contribution in [0.1, 0.15) is 42.7 Å². The Balaban J connectivity index is 1.93. The van der Waals surface area contributed by atoms with Crippen molar-refractivity contribution in [3.05, 3.63) is 29.3 Å². The van der Waals surface area contributed by atoms with Crippen molar-refractivity contribution in [3.8, 4) is 5.75 Å². The Labute approximate surface area is 97.0 Å². The molecular weight excluding hydrogens is 198 g/mol. The zero-order chi connectivity index (χ0) is 11.0. The zero-order valence-corrected chi connectivity index (χ0v) is 9.83. The quantitative estimate of drug-likeness (QED) is 0.822. The molecule has 0 radical (unpaired) electrons. The van der Waals surface area contributed by atoms with Crippen LogP contribution < -0.4 is 10.1 Å². The fourth-order valence-electron chi connectivity index (χ4n) is 3.01. The van der Waals surface area contributed by atoms with E-state index < -0.39 is 0 Å². The molecule has 1 heterocycles. The van der Waals surface area contributed by atoms with Crippen molar-refractivity contribution in [3.63, 3.8) is 0 Å². The van der Waals surface area contributed by atoms with Gasteiger partial charge in [-0.1, -0.05) is 31.0 Å². The minimum Gasteiger partial charge on any atom is -0.474 e. The number of para-hydroxylation sites is 1. The predicted octanol–water partition coefficient (Wildman–Crippen LogP) is 2.82. The van der Waals surface area contributed by atoms with Crippen molar-refractivity contribution in [1.29, 1.82) is 0 Å². The molecular formula is C14H19NO. The van der Waals surface area contributed by atoms with Gasteiger partial charge in [0.2, 0.25) is 0 Å². The van der Waals surface area contributed by atoms with E-state index in [1.54, 1.807) is 0 Å². The Morgan fingerprint density at radius 2 is 2.06 bits per heavy atom. The van der Waals surface area contributed by atoms with E-state index in [1.807, 2.05) is 7.05 Å². The van der Waals surface area contributed by atoms with Gasteiger partial charge in [-0.25, -0.2) is 0 Å². The Bertz CT molecular complexity index is 382. The lowest BCUT2D eigenvalue weighted by atomic mass is 9.94. The summed E-state index contributed by atoms with van der Waals surface area (Å²) in [5.74, 6) is 1.92. The predicted molar refractivity (Wildman–Crippen MR) is 64.8 cm³/mol. The van der Waals surface area contributed by atoms with Gasteiger partial charge < -0.3 is 4.74 Å². The van der Waals surface area contributed by atoms with Crippen molar-refractivity contribution in [1.82, 2.24) is 5.32 Å². The first-order chi connectivity index (χ1) is 7.88. The standard InChI is InChI=1S/C14H19NO/c1-15-13-9-11-7-4-8-12(14(11)16-13)10-5-2-3-6-10/h4,7-8,10,13,15H,2-3,5-6,9H2,1H3. The van der Waals surface area contributed by atoms with E-state index in [2.05, 4.69) is 23.5 Å². The molecule has 0 bridgehead atoms. The van der Waals surface area contributed by atoms with Crippen LogP contribution in [0.5, 0.6) is 5.75 Å². The average Bonchev–Trinajstić information content (AvgIpc) is 2.97. The molecule has 1 saturated carbocycles. The molecule has 0 aromatic heterocycles. The van der Waals surface area contributed by atoms with Gasteiger partial charge in [0.25, 0.3) is 0 Å². The second-order valence-electron chi connectivity index (χ2n) is 4.92. The maximum absolute atomic E-state index is 5.99. The minimum absolute atomic E-state index is 0.178. The fourth-order valence-corrected chi connectivity index (χ4v) is 3.01. The van der Waals surface area contributed by atoms with Gasteiger partial charge in [-0.3, -0.25) is 5.32 Å².